The summed E-state index contributed by atoms with van der Waals surface area (Å²) < 4.78 is 10.3. The smallest absolute Gasteiger partial charge is 0.323 e. The third kappa shape index (κ3) is 3.60. The van der Waals surface area contributed by atoms with Gasteiger partial charge in [-0.15, -0.1) is 0 Å². The maximum absolute atomic E-state index is 12.0. The molecule has 0 aliphatic carbocycles. The van der Waals surface area contributed by atoms with Crippen molar-refractivity contribution >= 4 is 23.1 Å². The number of rotatable bonds is 4. The highest BCUT2D eigenvalue weighted by Crippen LogP contribution is 2.29. The van der Waals surface area contributed by atoms with Crippen LogP contribution in [-0.2, 0) is 0 Å². The molecule has 116 valence electrons. The van der Waals surface area contributed by atoms with Crippen LogP contribution in [0.4, 0.5) is 21.9 Å². The first-order valence-corrected chi connectivity index (χ1v) is 6.69. The summed E-state index contributed by atoms with van der Waals surface area (Å²) in [6, 6.07) is 10.2. The van der Waals surface area contributed by atoms with Crippen LogP contribution in [0.5, 0.6) is 11.5 Å². The van der Waals surface area contributed by atoms with Gasteiger partial charge in [-0.2, -0.15) is 0 Å². The Bertz CT molecular complexity index is 686. The van der Waals surface area contributed by atoms with Gasteiger partial charge in [-0.3, -0.25) is 0 Å². The van der Waals surface area contributed by atoms with Crippen molar-refractivity contribution in [2.75, 3.05) is 30.6 Å². The van der Waals surface area contributed by atoms with Crippen LogP contribution >= 0.6 is 0 Å². The molecule has 0 unspecified atom stereocenters. The minimum atomic E-state index is -0.386. The number of carbonyl (C=O) groups excluding carboxylic acids is 1. The molecule has 2 rings (SSSR count). The Kier molecular flexibility index (Phi) is 4.73. The van der Waals surface area contributed by atoms with E-state index >= 15 is 0 Å². The van der Waals surface area contributed by atoms with Crippen LogP contribution in [0.2, 0.25) is 0 Å². The van der Waals surface area contributed by atoms with Crippen molar-refractivity contribution in [2.24, 2.45) is 0 Å². The topological polar surface area (TPSA) is 85.6 Å². The van der Waals surface area contributed by atoms with Gasteiger partial charge in [-0.25, -0.2) is 4.79 Å². The van der Waals surface area contributed by atoms with Gasteiger partial charge < -0.3 is 25.8 Å². The van der Waals surface area contributed by atoms with Gasteiger partial charge in [0.2, 0.25) is 0 Å². The van der Waals surface area contributed by atoms with E-state index in [2.05, 4.69) is 10.6 Å². The summed E-state index contributed by atoms with van der Waals surface area (Å²) in [5, 5.41) is 5.42. The number of anilines is 3. The van der Waals surface area contributed by atoms with Crippen molar-refractivity contribution in [3.63, 3.8) is 0 Å². The first kappa shape index (κ1) is 15.5. The lowest BCUT2D eigenvalue weighted by molar-refractivity contribution is 0.262. The largest absolute Gasteiger partial charge is 0.493 e. The number of ether oxygens (including phenoxy) is 2. The highest BCUT2D eigenvalue weighted by atomic mass is 16.5. The van der Waals surface area contributed by atoms with Crippen LogP contribution < -0.4 is 25.8 Å². The molecule has 0 aliphatic rings. The number of nitrogens with one attached hydrogen (secondary N) is 2. The van der Waals surface area contributed by atoms with E-state index in [0.29, 0.717) is 28.6 Å². The van der Waals surface area contributed by atoms with Gasteiger partial charge in [0.15, 0.2) is 11.5 Å². The fourth-order valence-corrected chi connectivity index (χ4v) is 1.99. The number of nitrogens with two attached hydrogens (primary N) is 1. The Morgan fingerprint density at radius 3 is 2.36 bits per heavy atom. The van der Waals surface area contributed by atoms with Gasteiger partial charge in [-0.05, 0) is 36.8 Å². The summed E-state index contributed by atoms with van der Waals surface area (Å²) in [4.78, 5) is 12.0. The lowest BCUT2D eigenvalue weighted by Crippen LogP contribution is -2.20. The van der Waals surface area contributed by atoms with E-state index in [1.165, 1.54) is 7.11 Å². The number of nitrogen functional groups attached to an aromatic ring is 1. The van der Waals surface area contributed by atoms with Gasteiger partial charge in [0.1, 0.15) is 0 Å². The molecule has 6 heteroatoms. The molecule has 0 saturated carbocycles. The molecule has 0 radical (unpaired) electrons. The van der Waals surface area contributed by atoms with Gasteiger partial charge in [-0.1, -0.05) is 6.07 Å². The molecular formula is C16H19N3O3. The Morgan fingerprint density at radius 2 is 1.73 bits per heavy atom. The number of urea groups is 1. The quantitative estimate of drug-likeness (QED) is 0.757. The monoisotopic (exact) mass is 301 g/mol. The number of hydrogen-bond donors (Lipinski definition) is 3. The summed E-state index contributed by atoms with van der Waals surface area (Å²) in [6.07, 6.45) is 0. The van der Waals surface area contributed by atoms with Gasteiger partial charge in [0, 0.05) is 11.8 Å². The van der Waals surface area contributed by atoms with Crippen LogP contribution in [0.3, 0.4) is 0 Å². The van der Waals surface area contributed by atoms with Crippen molar-refractivity contribution in [3.8, 4) is 11.5 Å². The number of benzene rings is 2. The van der Waals surface area contributed by atoms with Crippen molar-refractivity contribution in [1.82, 2.24) is 0 Å². The second-order valence-electron chi connectivity index (χ2n) is 4.74. The van der Waals surface area contributed by atoms with E-state index in [4.69, 9.17) is 15.2 Å². The highest BCUT2D eigenvalue weighted by Gasteiger charge is 2.08. The van der Waals surface area contributed by atoms with Crippen LogP contribution in [0.1, 0.15) is 5.56 Å². The average molecular weight is 301 g/mol. The van der Waals surface area contributed by atoms with Crippen molar-refractivity contribution in [3.05, 3.63) is 42.0 Å². The molecule has 0 bridgehead atoms. The molecule has 0 fully saturated rings. The van der Waals surface area contributed by atoms with E-state index in [-0.39, 0.29) is 6.03 Å². The summed E-state index contributed by atoms with van der Waals surface area (Å²) >= 11 is 0. The number of aryl methyl sites for hydroxylation is 1. The van der Waals surface area contributed by atoms with Crippen molar-refractivity contribution in [2.45, 2.75) is 6.92 Å². The molecule has 0 aliphatic heterocycles. The molecule has 6 nitrogen and oxygen atoms in total. The summed E-state index contributed by atoms with van der Waals surface area (Å²) in [5.74, 6) is 1.13. The molecule has 0 heterocycles. The zero-order valence-corrected chi connectivity index (χ0v) is 12.8. The second kappa shape index (κ2) is 6.71. The fraction of sp³-hybridized carbons (Fsp3) is 0.188. The lowest BCUT2D eigenvalue weighted by Gasteiger charge is -2.12. The van der Waals surface area contributed by atoms with Crippen molar-refractivity contribution < 1.29 is 14.3 Å². The minimum absolute atomic E-state index is 0.386. The zero-order chi connectivity index (χ0) is 16.1. The molecular weight excluding hydrogens is 282 g/mol. The van der Waals surface area contributed by atoms with Gasteiger partial charge >= 0.3 is 6.03 Å². The maximum atomic E-state index is 12.0. The SMILES string of the molecule is COc1ccc(NC(=O)Nc2ccc(C)cc2N)cc1OC. The molecule has 0 saturated heterocycles. The van der Waals surface area contributed by atoms with Crippen molar-refractivity contribution in [1.29, 1.82) is 0 Å². The fourth-order valence-electron chi connectivity index (χ4n) is 1.99. The predicted octanol–water partition coefficient (Wildman–Crippen LogP) is 3.24. The average Bonchev–Trinajstić information content (AvgIpc) is 2.50. The number of hydrogen-bond acceptors (Lipinski definition) is 4. The highest BCUT2D eigenvalue weighted by molar-refractivity contribution is 6.01. The standard InChI is InChI=1S/C16H19N3O3/c1-10-4-6-13(12(17)8-10)19-16(20)18-11-5-7-14(21-2)15(9-11)22-3/h4-9H,17H2,1-3H3,(H2,18,19,20). The van der Waals surface area contributed by atoms with E-state index in [1.54, 1.807) is 37.4 Å². The molecule has 0 atom stereocenters. The third-order valence-corrected chi connectivity index (χ3v) is 3.10. The molecule has 22 heavy (non-hydrogen) atoms. The van der Waals surface area contributed by atoms with E-state index < -0.39 is 0 Å². The zero-order valence-electron chi connectivity index (χ0n) is 12.8. The third-order valence-electron chi connectivity index (χ3n) is 3.10. The van der Waals surface area contributed by atoms with Gasteiger partial charge in [0.05, 0.1) is 25.6 Å². The minimum Gasteiger partial charge on any atom is -0.493 e. The van der Waals surface area contributed by atoms with Gasteiger partial charge in [0.25, 0.3) is 0 Å². The summed E-state index contributed by atoms with van der Waals surface area (Å²) in [7, 11) is 3.09. The van der Waals surface area contributed by atoms with Crippen LogP contribution in [-0.4, -0.2) is 20.3 Å². The Labute approximate surface area is 129 Å². The van der Waals surface area contributed by atoms with E-state index in [1.807, 2.05) is 13.0 Å². The lowest BCUT2D eigenvalue weighted by atomic mass is 10.2. The Morgan fingerprint density at radius 1 is 1.00 bits per heavy atom. The van der Waals surface area contributed by atoms with Crippen LogP contribution in [0.15, 0.2) is 36.4 Å². The second-order valence-corrected chi connectivity index (χ2v) is 4.74. The maximum Gasteiger partial charge on any atom is 0.323 e. The molecule has 4 N–H and O–H groups in total. The normalized spacial score (nSPS) is 9.95. The van der Waals surface area contributed by atoms with Crippen LogP contribution in [0.25, 0.3) is 0 Å². The Hall–Kier alpha value is -2.89. The molecule has 0 spiro atoms. The summed E-state index contributed by atoms with van der Waals surface area (Å²) in [6.45, 7) is 1.93. The molecule has 2 aromatic rings. The first-order valence-electron chi connectivity index (χ1n) is 6.69. The number of carbonyl (C=O) groups is 1. The predicted molar refractivity (Wildman–Crippen MR) is 87.8 cm³/mol. The van der Waals surface area contributed by atoms with Crippen LogP contribution in [0, 0.1) is 6.92 Å². The molecule has 0 aromatic heterocycles. The summed E-state index contributed by atoms with van der Waals surface area (Å²) in [5.41, 5.74) is 8.56. The molecule has 2 aromatic carbocycles. The number of methoxy groups -OCH3 is 2. The first-order chi connectivity index (χ1) is 10.5. The van der Waals surface area contributed by atoms with E-state index in [9.17, 15) is 4.79 Å². The van der Waals surface area contributed by atoms with E-state index in [0.717, 1.165) is 5.56 Å². The number of amides is 2. The Balaban J connectivity index is 2.08. The molecule has 2 amide bonds.